The van der Waals surface area contributed by atoms with Crippen molar-refractivity contribution in [3.05, 3.63) is 29.8 Å². The molecule has 0 radical (unpaired) electrons. The first-order valence-corrected chi connectivity index (χ1v) is 7.50. The monoisotopic (exact) mass is 302 g/mol. The summed E-state index contributed by atoms with van der Waals surface area (Å²) < 4.78 is 31.9. The molecule has 0 spiro atoms. The second kappa shape index (κ2) is 5.96. The van der Waals surface area contributed by atoms with E-state index in [0.717, 1.165) is 0 Å². The molecule has 7 heteroatoms. The van der Waals surface area contributed by atoms with E-state index in [0.29, 0.717) is 5.56 Å². The van der Waals surface area contributed by atoms with Crippen molar-refractivity contribution in [3.63, 3.8) is 0 Å². The molecule has 0 unspecified atom stereocenters. The van der Waals surface area contributed by atoms with Crippen LogP contribution in [0.15, 0.2) is 29.2 Å². The van der Waals surface area contributed by atoms with Crippen molar-refractivity contribution in [3.8, 4) is 0 Å². The summed E-state index contributed by atoms with van der Waals surface area (Å²) in [6, 6.07) is 6.11. The maximum absolute atomic E-state index is 12.2. The number of nitrogens with two attached hydrogens (primary N) is 1. The zero-order chi connectivity index (χ0) is 14.7. The average Bonchev–Trinajstić information content (AvgIpc) is 2.27. The average molecular weight is 302 g/mol. The van der Waals surface area contributed by atoms with Gasteiger partial charge in [0.1, 0.15) is 4.99 Å². The fourth-order valence-electron chi connectivity index (χ4n) is 1.61. The van der Waals surface area contributed by atoms with E-state index in [1.165, 1.54) is 19.2 Å². The van der Waals surface area contributed by atoms with Crippen molar-refractivity contribution in [1.82, 2.24) is 4.72 Å². The van der Waals surface area contributed by atoms with Gasteiger partial charge in [0.25, 0.3) is 0 Å². The van der Waals surface area contributed by atoms with Crippen LogP contribution >= 0.6 is 12.2 Å². The van der Waals surface area contributed by atoms with Gasteiger partial charge in [-0.25, -0.2) is 13.1 Å². The van der Waals surface area contributed by atoms with Crippen LogP contribution in [0.1, 0.15) is 19.4 Å². The Hall–Kier alpha value is -1.02. The maximum atomic E-state index is 12.2. The molecular weight excluding hydrogens is 284 g/mol. The molecule has 0 aliphatic heterocycles. The van der Waals surface area contributed by atoms with E-state index in [9.17, 15) is 8.42 Å². The standard InChI is InChI=1S/C12H18N2O3S2/c1-12(2,8-17-3)14-19(15,16)10-6-4-9(5-7-10)11(13)18/h4-7,14H,8H2,1-3H3,(H2,13,18). The Labute approximate surface area is 119 Å². The number of hydrogen-bond acceptors (Lipinski definition) is 4. The second-order valence-corrected chi connectivity index (χ2v) is 6.93. The van der Waals surface area contributed by atoms with E-state index >= 15 is 0 Å². The zero-order valence-electron chi connectivity index (χ0n) is 11.1. The van der Waals surface area contributed by atoms with Gasteiger partial charge in [0, 0.05) is 12.7 Å². The predicted octanol–water partition coefficient (Wildman–Crippen LogP) is 1.02. The molecule has 1 rings (SSSR count). The summed E-state index contributed by atoms with van der Waals surface area (Å²) in [5.74, 6) is 0. The van der Waals surface area contributed by atoms with Crippen molar-refractivity contribution in [2.24, 2.45) is 5.73 Å². The fourth-order valence-corrected chi connectivity index (χ4v) is 3.15. The predicted molar refractivity (Wildman–Crippen MR) is 78.6 cm³/mol. The van der Waals surface area contributed by atoms with Crippen molar-refractivity contribution < 1.29 is 13.2 Å². The molecule has 0 aliphatic carbocycles. The lowest BCUT2D eigenvalue weighted by atomic mass is 10.1. The molecule has 19 heavy (non-hydrogen) atoms. The molecule has 106 valence electrons. The molecule has 0 atom stereocenters. The molecule has 0 bridgehead atoms. The van der Waals surface area contributed by atoms with E-state index in [2.05, 4.69) is 4.72 Å². The summed E-state index contributed by atoms with van der Waals surface area (Å²) in [5, 5.41) is 0. The first-order chi connectivity index (χ1) is 8.68. The molecule has 0 aromatic heterocycles. The highest BCUT2D eigenvalue weighted by molar-refractivity contribution is 7.89. The number of methoxy groups -OCH3 is 1. The minimum atomic E-state index is -3.60. The third-order valence-electron chi connectivity index (χ3n) is 2.36. The van der Waals surface area contributed by atoms with E-state index in [4.69, 9.17) is 22.7 Å². The summed E-state index contributed by atoms with van der Waals surface area (Å²) in [6.07, 6.45) is 0. The van der Waals surface area contributed by atoms with Gasteiger partial charge in [0.05, 0.1) is 17.0 Å². The third-order valence-corrected chi connectivity index (χ3v) is 4.31. The van der Waals surface area contributed by atoms with Gasteiger partial charge in [-0.3, -0.25) is 0 Å². The largest absolute Gasteiger partial charge is 0.389 e. The quantitative estimate of drug-likeness (QED) is 0.767. The molecule has 0 amide bonds. The highest BCUT2D eigenvalue weighted by Crippen LogP contribution is 2.14. The van der Waals surface area contributed by atoms with Gasteiger partial charge in [0.2, 0.25) is 10.0 Å². The van der Waals surface area contributed by atoms with Crippen molar-refractivity contribution in [2.45, 2.75) is 24.3 Å². The molecule has 3 N–H and O–H groups in total. The van der Waals surface area contributed by atoms with Gasteiger partial charge < -0.3 is 10.5 Å². The lowest BCUT2D eigenvalue weighted by molar-refractivity contribution is 0.141. The highest BCUT2D eigenvalue weighted by Gasteiger charge is 2.26. The van der Waals surface area contributed by atoms with Crippen molar-refractivity contribution >= 4 is 27.2 Å². The fraction of sp³-hybridized carbons (Fsp3) is 0.417. The molecule has 0 fully saturated rings. The summed E-state index contributed by atoms with van der Waals surface area (Å²) >= 11 is 4.82. The number of thiocarbonyl (C=S) groups is 1. The molecule has 0 aliphatic rings. The minimum Gasteiger partial charge on any atom is -0.389 e. The minimum absolute atomic E-state index is 0.164. The van der Waals surface area contributed by atoms with Crippen LogP contribution in [0.2, 0.25) is 0 Å². The summed E-state index contributed by atoms with van der Waals surface area (Å²) in [5.41, 5.74) is 5.41. The van der Waals surface area contributed by atoms with Gasteiger partial charge >= 0.3 is 0 Å². The summed E-state index contributed by atoms with van der Waals surface area (Å²) in [4.78, 5) is 0.397. The van der Waals surface area contributed by atoms with Crippen LogP contribution in [0.4, 0.5) is 0 Å². The number of nitrogens with one attached hydrogen (secondary N) is 1. The Balaban J connectivity index is 2.98. The van der Waals surface area contributed by atoms with Crippen molar-refractivity contribution in [2.75, 3.05) is 13.7 Å². The van der Waals surface area contributed by atoms with Crippen LogP contribution in [0, 0.1) is 0 Å². The lowest BCUT2D eigenvalue weighted by Gasteiger charge is -2.24. The lowest BCUT2D eigenvalue weighted by Crippen LogP contribution is -2.46. The van der Waals surface area contributed by atoms with Gasteiger partial charge in [-0.2, -0.15) is 0 Å². The summed E-state index contributed by atoms with van der Waals surface area (Å²) in [7, 11) is -2.08. The Bertz CT molecular complexity index is 551. The van der Waals surface area contributed by atoms with E-state index < -0.39 is 15.6 Å². The van der Waals surface area contributed by atoms with Gasteiger partial charge in [-0.05, 0) is 26.0 Å². The van der Waals surface area contributed by atoms with Crippen LogP contribution in [0.25, 0.3) is 0 Å². The number of rotatable bonds is 6. The molecular formula is C12H18N2O3S2. The molecule has 0 saturated carbocycles. The first-order valence-electron chi connectivity index (χ1n) is 5.61. The zero-order valence-corrected chi connectivity index (χ0v) is 12.8. The van der Waals surface area contributed by atoms with Gasteiger partial charge in [-0.1, -0.05) is 24.4 Å². The number of sulfonamides is 1. The van der Waals surface area contributed by atoms with Crippen molar-refractivity contribution in [1.29, 1.82) is 0 Å². The van der Waals surface area contributed by atoms with E-state index in [-0.39, 0.29) is 16.5 Å². The first kappa shape index (κ1) is 16.0. The van der Waals surface area contributed by atoms with Crippen LogP contribution in [-0.2, 0) is 14.8 Å². The third kappa shape index (κ3) is 4.54. The van der Waals surface area contributed by atoms with Crippen LogP contribution in [0.5, 0.6) is 0 Å². The topological polar surface area (TPSA) is 81.4 Å². The molecule has 1 aromatic carbocycles. The number of benzene rings is 1. The van der Waals surface area contributed by atoms with E-state index in [1.54, 1.807) is 26.0 Å². The molecule has 5 nitrogen and oxygen atoms in total. The van der Waals surface area contributed by atoms with Crippen LogP contribution < -0.4 is 10.5 Å². The molecule has 1 aromatic rings. The number of hydrogen-bond donors (Lipinski definition) is 2. The number of ether oxygens (including phenoxy) is 1. The Morgan fingerprint density at radius 3 is 2.32 bits per heavy atom. The highest BCUT2D eigenvalue weighted by atomic mass is 32.2. The van der Waals surface area contributed by atoms with Crippen LogP contribution in [-0.4, -0.2) is 32.7 Å². The SMILES string of the molecule is COCC(C)(C)NS(=O)(=O)c1ccc(C(N)=S)cc1. The molecule has 0 saturated heterocycles. The van der Waals surface area contributed by atoms with Gasteiger partial charge in [0.15, 0.2) is 0 Å². The normalized spacial score (nSPS) is 12.4. The summed E-state index contributed by atoms with van der Waals surface area (Å²) in [6.45, 7) is 3.77. The Kier molecular flexibility index (Phi) is 5.03. The Morgan fingerprint density at radius 2 is 1.89 bits per heavy atom. The molecule has 0 heterocycles. The maximum Gasteiger partial charge on any atom is 0.241 e. The smallest absolute Gasteiger partial charge is 0.241 e. The van der Waals surface area contributed by atoms with Crippen LogP contribution in [0.3, 0.4) is 0 Å². The van der Waals surface area contributed by atoms with Gasteiger partial charge in [-0.15, -0.1) is 0 Å². The Morgan fingerprint density at radius 1 is 1.37 bits per heavy atom. The van der Waals surface area contributed by atoms with E-state index in [1.807, 2.05) is 0 Å². The second-order valence-electron chi connectivity index (χ2n) is 4.81.